The summed E-state index contributed by atoms with van der Waals surface area (Å²) in [6.45, 7) is 5.78. The summed E-state index contributed by atoms with van der Waals surface area (Å²) in [5.74, 6) is 0.896. The first kappa shape index (κ1) is 21.1. The predicted octanol–water partition coefficient (Wildman–Crippen LogP) is 4.42. The van der Waals surface area contributed by atoms with Gasteiger partial charge in [0.05, 0.1) is 19.9 Å². The number of hydrogen-bond acceptors (Lipinski definition) is 6. The molecule has 0 saturated heterocycles. The zero-order valence-electron chi connectivity index (χ0n) is 17.4. The van der Waals surface area contributed by atoms with E-state index in [0.717, 1.165) is 27.5 Å². The summed E-state index contributed by atoms with van der Waals surface area (Å²) in [4.78, 5) is 17.6. The molecule has 2 aromatic heterocycles. The van der Waals surface area contributed by atoms with Crippen LogP contribution in [0.4, 0.5) is 5.13 Å². The van der Waals surface area contributed by atoms with Crippen LogP contribution in [0.1, 0.15) is 21.8 Å². The zero-order chi connectivity index (χ0) is 21.8. The number of carbonyl (C=O) groups excluding carboxylic acids is 1. The Hall–Kier alpha value is -3.57. The molecule has 0 aliphatic heterocycles. The van der Waals surface area contributed by atoms with Crippen LogP contribution in [0.5, 0.6) is 11.5 Å². The van der Waals surface area contributed by atoms with E-state index in [2.05, 4.69) is 10.3 Å². The van der Waals surface area contributed by atoms with Gasteiger partial charge in [0.15, 0.2) is 5.13 Å². The first-order chi connectivity index (χ1) is 14.4. The molecule has 0 fully saturated rings. The van der Waals surface area contributed by atoms with Crippen molar-refractivity contribution in [2.24, 2.45) is 0 Å². The smallest absolute Gasteiger partial charge is 0.268 e. The zero-order valence-corrected chi connectivity index (χ0v) is 18.3. The van der Waals surface area contributed by atoms with Gasteiger partial charge >= 0.3 is 0 Å². The van der Waals surface area contributed by atoms with E-state index < -0.39 is 5.91 Å². The molecule has 8 heteroatoms. The Morgan fingerprint density at radius 1 is 1.23 bits per heavy atom. The summed E-state index contributed by atoms with van der Waals surface area (Å²) < 4.78 is 12.9. The van der Waals surface area contributed by atoms with Crippen molar-refractivity contribution in [3.63, 3.8) is 0 Å². The fourth-order valence-corrected chi connectivity index (χ4v) is 3.82. The highest BCUT2D eigenvalue weighted by atomic mass is 32.1. The average molecular weight is 423 g/mol. The number of nitrogens with one attached hydrogen (secondary N) is 1. The van der Waals surface area contributed by atoms with Crippen LogP contribution < -0.4 is 14.8 Å². The molecule has 0 bridgehead atoms. The Morgan fingerprint density at radius 2 is 2.00 bits per heavy atom. The minimum Gasteiger partial charge on any atom is -0.497 e. The van der Waals surface area contributed by atoms with Crippen LogP contribution in [-0.2, 0) is 4.79 Å². The normalized spacial score (nSPS) is 11.1. The van der Waals surface area contributed by atoms with Gasteiger partial charge in [-0.2, -0.15) is 5.26 Å². The van der Waals surface area contributed by atoms with Crippen LogP contribution in [0.3, 0.4) is 0 Å². The highest BCUT2D eigenvalue weighted by Crippen LogP contribution is 2.32. The lowest BCUT2D eigenvalue weighted by Crippen LogP contribution is -2.13. The Kier molecular flexibility index (Phi) is 6.23. The largest absolute Gasteiger partial charge is 0.497 e. The molecule has 0 aliphatic carbocycles. The van der Waals surface area contributed by atoms with E-state index in [1.54, 1.807) is 26.5 Å². The number of carbonyl (C=O) groups is 1. The lowest BCUT2D eigenvalue weighted by Gasteiger charge is -2.15. The standard InChI is InChI=1S/C22H22N4O3S/c1-13-8-16(9-17(11-23)21(27)25-22-24-12-14(2)30-22)15(3)26(13)19-10-18(28-4)6-7-20(19)29-5/h6-10,12H,1-5H3,(H,24,25,27)/b17-9-. The molecule has 0 radical (unpaired) electrons. The topological polar surface area (TPSA) is 89.2 Å². The van der Waals surface area contributed by atoms with Gasteiger partial charge in [0, 0.05) is 28.5 Å². The van der Waals surface area contributed by atoms with Gasteiger partial charge in [-0.3, -0.25) is 10.1 Å². The molecular weight excluding hydrogens is 400 g/mol. The summed E-state index contributed by atoms with van der Waals surface area (Å²) in [5, 5.41) is 12.7. The Balaban J connectivity index is 2.00. The molecule has 0 unspecified atom stereocenters. The predicted molar refractivity (Wildman–Crippen MR) is 117 cm³/mol. The number of methoxy groups -OCH3 is 2. The summed E-state index contributed by atoms with van der Waals surface area (Å²) in [6, 6.07) is 9.46. The maximum absolute atomic E-state index is 12.5. The van der Waals surface area contributed by atoms with Crippen molar-refractivity contribution < 1.29 is 14.3 Å². The molecule has 3 rings (SSSR count). The minimum atomic E-state index is -0.490. The highest BCUT2D eigenvalue weighted by Gasteiger charge is 2.17. The van der Waals surface area contributed by atoms with E-state index in [1.807, 2.05) is 55.7 Å². The van der Waals surface area contributed by atoms with Crippen molar-refractivity contribution in [2.75, 3.05) is 19.5 Å². The van der Waals surface area contributed by atoms with Crippen molar-refractivity contribution in [3.8, 4) is 23.3 Å². The molecule has 3 aromatic rings. The number of amides is 1. The molecular formula is C22H22N4O3S. The monoisotopic (exact) mass is 422 g/mol. The van der Waals surface area contributed by atoms with Crippen molar-refractivity contribution in [3.05, 3.63) is 57.9 Å². The van der Waals surface area contributed by atoms with Crippen molar-refractivity contribution in [2.45, 2.75) is 20.8 Å². The van der Waals surface area contributed by atoms with E-state index in [1.165, 1.54) is 11.3 Å². The van der Waals surface area contributed by atoms with E-state index in [0.29, 0.717) is 16.6 Å². The van der Waals surface area contributed by atoms with Crippen LogP contribution in [0.25, 0.3) is 11.8 Å². The van der Waals surface area contributed by atoms with Crippen molar-refractivity contribution in [1.29, 1.82) is 5.26 Å². The van der Waals surface area contributed by atoms with Crippen molar-refractivity contribution in [1.82, 2.24) is 9.55 Å². The fourth-order valence-electron chi connectivity index (χ4n) is 3.16. The first-order valence-electron chi connectivity index (χ1n) is 9.14. The molecule has 0 saturated carbocycles. The third-order valence-corrected chi connectivity index (χ3v) is 5.43. The van der Waals surface area contributed by atoms with Gasteiger partial charge in [0.1, 0.15) is 23.1 Å². The molecule has 0 spiro atoms. The third-order valence-electron chi connectivity index (χ3n) is 4.60. The Labute approximate surface area is 179 Å². The molecule has 1 amide bonds. The molecule has 30 heavy (non-hydrogen) atoms. The average Bonchev–Trinajstić information content (AvgIpc) is 3.26. The van der Waals surface area contributed by atoms with Crippen LogP contribution in [0.15, 0.2) is 36.0 Å². The maximum Gasteiger partial charge on any atom is 0.268 e. The van der Waals surface area contributed by atoms with E-state index in [-0.39, 0.29) is 5.57 Å². The number of aromatic nitrogens is 2. The second-order valence-corrected chi connectivity index (χ2v) is 7.83. The van der Waals surface area contributed by atoms with Gasteiger partial charge in [0.2, 0.25) is 0 Å². The Bertz CT molecular complexity index is 1170. The van der Waals surface area contributed by atoms with Crippen LogP contribution in [-0.4, -0.2) is 29.7 Å². The van der Waals surface area contributed by atoms with Gasteiger partial charge in [-0.15, -0.1) is 11.3 Å². The fraction of sp³-hybridized carbons (Fsp3) is 0.227. The summed E-state index contributed by atoms with van der Waals surface area (Å²) in [5.41, 5.74) is 3.37. The van der Waals surface area contributed by atoms with Gasteiger partial charge in [-0.05, 0) is 50.6 Å². The lowest BCUT2D eigenvalue weighted by molar-refractivity contribution is -0.112. The molecule has 154 valence electrons. The number of nitrogens with zero attached hydrogens (tertiary/aromatic N) is 3. The van der Waals surface area contributed by atoms with E-state index in [9.17, 15) is 10.1 Å². The SMILES string of the molecule is COc1ccc(OC)c(-n2c(C)cc(/C=C(/C#N)C(=O)Nc3ncc(C)s3)c2C)c1. The number of hydrogen-bond donors (Lipinski definition) is 1. The van der Waals surface area contributed by atoms with Crippen LogP contribution in [0.2, 0.25) is 0 Å². The summed E-state index contributed by atoms with van der Waals surface area (Å²) >= 11 is 1.36. The number of aryl methyl sites for hydroxylation is 2. The lowest BCUT2D eigenvalue weighted by atomic mass is 10.1. The quantitative estimate of drug-likeness (QED) is 0.469. The third kappa shape index (κ3) is 4.21. The summed E-state index contributed by atoms with van der Waals surface area (Å²) in [7, 11) is 3.22. The van der Waals surface area contributed by atoms with Gasteiger partial charge in [0.25, 0.3) is 5.91 Å². The molecule has 1 N–H and O–H groups in total. The number of benzene rings is 1. The molecule has 7 nitrogen and oxygen atoms in total. The summed E-state index contributed by atoms with van der Waals surface area (Å²) in [6.07, 6.45) is 3.26. The van der Waals surface area contributed by atoms with E-state index in [4.69, 9.17) is 9.47 Å². The van der Waals surface area contributed by atoms with Gasteiger partial charge < -0.3 is 14.0 Å². The first-order valence-corrected chi connectivity index (χ1v) is 9.96. The maximum atomic E-state index is 12.5. The van der Waals surface area contributed by atoms with Gasteiger partial charge in [-0.1, -0.05) is 0 Å². The van der Waals surface area contributed by atoms with Crippen LogP contribution >= 0.6 is 11.3 Å². The molecule has 2 heterocycles. The van der Waals surface area contributed by atoms with Crippen molar-refractivity contribution >= 4 is 28.5 Å². The highest BCUT2D eigenvalue weighted by molar-refractivity contribution is 7.15. The van der Waals surface area contributed by atoms with E-state index >= 15 is 0 Å². The number of nitriles is 1. The van der Waals surface area contributed by atoms with Gasteiger partial charge in [-0.25, -0.2) is 4.98 Å². The second-order valence-electron chi connectivity index (χ2n) is 6.60. The number of ether oxygens (including phenoxy) is 2. The number of anilines is 1. The van der Waals surface area contributed by atoms with Crippen LogP contribution in [0, 0.1) is 32.1 Å². The number of thiazole rings is 1. The minimum absolute atomic E-state index is 0.000658. The molecule has 1 aromatic carbocycles. The Morgan fingerprint density at radius 3 is 2.60 bits per heavy atom. The number of rotatable bonds is 6. The molecule has 0 atom stereocenters. The second kappa shape index (κ2) is 8.84. The molecule has 0 aliphatic rings.